The molecule has 2 amide bonds. The third-order valence-electron chi connectivity index (χ3n) is 6.09. The second-order valence-electron chi connectivity index (χ2n) is 8.49. The van der Waals surface area contributed by atoms with Crippen LogP contribution in [0, 0.1) is 5.92 Å². The van der Waals surface area contributed by atoms with Crippen LogP contribution in [-0.4, -0.2) is 35.8 Å². The molecule has 6 heteroatoms. The molecular formula is C26H31ClN2O2S. The standard InChI is InChI=1S/C25H27ClN2O2S.CH4/c1-16(2)23(27-24(29)21-15-31-22-6-4-3-5-20(21)22)25(30)28-13-11-18(12-14-28)17-7-9-19(26)10-8-17;/h3-10,15-16,18,23H,11-14H2,1-2H3,(H,27,29);1H4/t23-;/m1./s1. The Morgan fingerprint density at radius 2 is 1.72 bits per heavy atom. The number of fused-ring (bicyclic) bond motifs is 1. The highest BCUT2D eigenvalue weighted by atomic mass is 35.5. The number of nitrogens with zero attached hydrogens (tertiary/aromatic N) is 1. The van der Waals surface area contributed by atoms with Crippen LogP contribution in [-0.2, 0) is 4.79 Å². The second-order valence-corrected chi connectivity index (χ2v) is 9.84. The zero-order valence-electron chi connectivity index (χ0n) is 17.8. The molecule has 1 aromatic heterocycles. The van der Waals surface area contributed by atoms with E-state index in [1.54, 1.807) is 11.3 Å². The van der Waals surface area contributed by atoms with Gasteiger partial charge in [0.2, 0.25) is 5.91 Å². The van der Waals surface area contributed by atoms with E-state index < -0.39 is 6.04 Å². The van der Waals surface area contributed by atoms with E-state index in [0.29, 0.717) is 24.6 Å². The second kappa shape index (κ2) is 10.5. The zero-order chi connectivity index (χ0) is 22.0. The molecule has 0 spiro atoms. The minimum Gasteiger partial charge on any atom is -0.341 e. The molecule has 170 valence electrons. The Kier molecular flexibility index (Phi) is 7.96. The minimum atomic E-state index is -0.529. The average Bonchev–Trinajstić information content (AvgIpc) is 3.22. The molecule has 0 saturated carbocycles. The Hall–Kier alpha value is -2.37. The van der Waals surface area contributed by atoms with Gasteiger partial charge in [0, 0.05) is 33.6 Å². The number of nitrogens with one attached hydrogen (secondary N) is 1. The summed E-state index contributed by atoms with van der Waals surface area (Å²) in [6.45, 7) is 5.36. The van der Waals surface area contributed by atoms with Gasteiger partial charge >= 0.3 is 0 Å². The van der Waals surface area contributed by atoms with Crippen molar-refractivity contribution in [2.24, 2.45) is 5.92 Å². The van der Waals surface area contributed by atoms with Crippen molar-refractivity contribution < 1.29 is 9.59 Å². The van der Waals surface area contributed by atoms with Crippen LogP contribution in [0.25, 0.3) is 10.1 Å². The summed E-state index contributed by atoms with van der Waals surface area (Å²) >= 11 is 7.55. The summed E-state index contributed by atoms with van der Waals surface area (Å²) in [5.74, 6) is 0.277. The number of hydrogen-bond donors (Lipinski definition) is 1. The fourth-order valence-electron chi connectivity index (χ4n) is 4.25. The SMILES string of the molecule is C.CC(C)[C@@H](NC(=O)c1csc2ccccc12)C(=O)N1CCC(c2ccc(Cl)cc2)CC1. The number of amides is 2. The van der Waals surface area contributed by atoms with Crippen LogP contribution in [0.5, 0.6) is 0 Å². The summed E-state index contributed by atoms with van der Waals surface area (Å²) in [6.07, 6.45) is 1.84. The molecule has 1 aliphatic rings. The van der Waals surface area contributed by atoms with Crippen LogP contribution in [0.3, 0.4) is 0 Å². The van der Waals surface area contributed by atoms with Crippen molar-refractivity contribution in [2.75, 3.05) is 13.1 Å². The van der Waals surface area contributed by atoms with E-state index in [0.717, 1.165) is 28.0 Å². The summed E-state index contributed by atoms with van der Waals surface area (Å²) in [6, 6.07) is 15.3. The van der Waals surface area contributed by atoms with Crippen molar-refractivity contribution in [1.82, 2.24) is 10.2 Å². The first-order chi connectivity index (χ1) is 14.9. The lowest BCUT2D eigenvalue weighted by Crippen LogP contribution is -2.52. The van der Waals surface area contributed by atoms with Gasteiger partial charge in [0.05, 0.1) is 5.56 Å². The van der Waals surface area contributed by atoms with Gasteiger partial charge in [0.1, 0.15) is 6.04 Å². The van der Waals surface area contributed by atoms with Gasteiger partial charge in [-0.3, -0.25) is 9.59 Å². The van der Waals surface area contributed by atoms with Gasteiger partial charge in [-0.2, -0.15) is 0 Å². The lowest BCUT2D eigenvalue weighted by Gasteiger charge is -2.35. The highest BCUT2D eigenvalue weighted by Crippen LogP contribution is 2.30. The van der Waals surface area contributed by atoms with E-state index >= 15 is 0 Å². The maximum absolute atomic E-state index is 13.3. The van der Waals surface area contributed by atoms with Crippen LogP contribution >= 0.6 is 22.9 Å². The number of carbonyl (C=O) groups excluding carboxylic acids is 2. The zero-order valence-corrected chi connectivity index (χ0v) is 19.4. The largest absolute Gasteiger partial charge is 0.341 e. The molecule has 1 atom stereocenters. The normalized spacial score (nSPS) is 15.4. The van der Waals surface area contributed by atoms with Crippen LogP contribution in [0.15, 0.2) is 53.9 Å². The average molecular weight is 471 g/mol. The molecule has 1 aliphatic heterocycles. The predicted octanol–water partition coefficient (Wildman–Crippen LogP) is 6.35. The number of rotatable bonds is 5. The number of likely N-dealkylation sites (tertiary alicyclic amines) is 1. The smallest absolute Gasteiger partial charge is 0.253 e. The van der Waals surface area contributed by atoms with Crippen LogP contribution in [0.2, 0.25) is 5.02 Å². The molecule has 0 unspecified atom stereocenters. The Labute approximate surface area is 199 Å². The molecule has 4 rings (SSSR count). The van der Waals surface area contributed by atoms with Gasteiger partial charge in [-0.05, 0) is 48.4 Å². The quantitative estimate of drug-likeness (QED) is 0.472. The molecule has 1 N–H and O–H groups in total. The third kappa shape index (κ3) is 5.16. The third-order valence-corrected chi connectivity index (χ3v) is 7.31. The maximum Gasteiger partial charge on any atom is 0.253 e. The van der Waals surface area contributed by atoms with E-state index in [4.69, 9.17) is 11.6 Å². The van der Waals surface area contributed by atoms with Crippen LogP contribution in [0.1, 0.15) is 56.0 Å². The highest BCUT2D eigenvalue weighted by Gasteiger charge is 2.32. The molecule has 3 aromatic rings. The summed E-state index contributed by atoms with van der Waals surface area (Å²) in [5, 5.41) is 6.57. The van der Waals surface area contributed by atoms with E-state index in [9.17, 15) is 9.59 Å². The Balaban J connectivity index is 0.00000289. The Morgan fingerprint density at radius 3 is 2.38 bits per heavy atom. The summed E-state index contributed by atoms with van der Waals surface area (Å²) < 4.78 is 1.07. The van der Waals surface area contributed by atoms with Crippen LogP contribution < -0.4 is 5.32 Å². The van der Waals surface area contributed by atoms with E-state index in [2.05, 4.69) is 17.4 Å². The van der Waals surface area contributed by atoms with Crippen molar-refractivity contribution in [3.8, 4) is 0 Å². The van der Waals surface area contributed by atoms with E-state index in [1.165, 1.54) is 5.56 Å². The molecule has 2 heterocycles. The van der Waals surface area contributed by atoms with Crippen molar-refractivity contribution in [2.45, 2.75) is 46.1 Å². The van der Waals surface area contributed by atoms with Crippen molar-refractivity contribution in [3.63, 3.8) is 0 Å². The number of piperidine rings is 1. The molecule has 1 saturated heterocycles. The van der Waals surface area contributed by atoms with Gasteiger partial charge in [0.25, 0.3) is 5.91 Å². The number of hydrogen-bond acceptors (Lipinski definition) is 3. The molecular weight excluding hydrogens is 440 g/mol. The van der Waals surface area contributed by atoms with Crippen molar-refractivity contribution in [3.05, 3.63) is 70.1 Å². The molecule has 2 aromatic carbocycles. The van der Waals surface area contributed by atoms with Gasteiger partial charge in [-0.15, -0.1) is 11.3 Å². The summed E-state index contributed by atoms with van der Waals surface area (Å²) in [4.78, 5) is 28.2. The lowest BCUT2D eigenvalue weighted by molar-refractivity contribution is -0.135. The lowest BCUT2D eigenvalue weighted by atomic mass is 9.89. The molecule has 0 bridgehead atoms. The van der Waals surface area contributed by atoms with Crippen molar-refractivity contribution in [1.29, 1.82) is 0 Å². The molecule has 1 fully saturated rings. The Bertz CT molecular complexity index is 1070. The topological polar surface area (TPSA) is 49.4 Å². The highest BCUT2D eigenvalue weighted by molar-refractivity contribution is 7.17. The van der Waals surface area contributed by atoms with Gasteiger partial charge in [0.15, 0.2) is 0 Å². The van der Waals surface area contributed by atoms with Crippen molar-refractivity contribution >= 4 is 44.8 Å². The van der Waals surface area contributed by atoms with Gasteiger partial charge in [-0.1, -0.05) is 63.2 Å². The summed E-state index contributed by atoms with van der Waals surface area (Å²) in [5.41, 5.74) is 1.91. The number of benzene rings is 2. The first-order valence-corrected chi connectivity index (χ1v) is 12.0. The predicted molar refractivity (Wildman–Crippen MR) is 135 cm³/mol. The molecule has 0 radical (unpaired) electrons. The first kappa shape index (κ1) is 24.3. The molecule has 32 heavy (non-hydrogen) atoms. The Morgan fingerprint density at radius 1 is 1.06 bits per heavy atom. The number of carbonyl (C=O) groups is 2. The number of thiophene rings is 1. The fraction of sp³-hybridized carbons (Fsp3) is 0.385. The van der Waals surface area contributed by atoms with E-state index in [1.807, 2.05) is 60.5 Å². The summed E-state index contributed by atoms with van der Waals surface area (Å²) in [7, 11) is 0. The monoisotopic (exact) mass is 470 g/mol. The van der Waals surface area contributed by atoms with E-state index in [-0.39, 0.29) is 25.2 Å². The fourth-order valence-corrected chi connectivity index (χ4v) is 5.32. The van der Waals surface area contributed by atoms with Gasteiger partial charge in [-0.25, -0.2) is 0 Å². The first-order valence-electron chi connectivity index (χ1n) is 10.8. The molecule has 4 nitrogen and oxygen atoms in total. The maximum atomic E-state index is 13.3. The van der Waals surface area contributed by atoms with Gasteiger partial charge < -0.3 is 10.2 Å². The minimum absolute atomic E-state index is 0. The molecule has 0 aliphatic carbocycles. The van der Waals surface area contributed by atoms with Crippen LogP contribution in [0.4, 0.5) is 0 Å². The number of halogens is 1.